The van der Waals surface area contributed by atoms with E-state index in [1.165, 1.54) is 0 Å². The average Bonchev–Trinajstić information content (AvgIpc) is 2.99. The number of Topliss-reactive ketones (excluding diaryl/α,β-unsaturated/α-hetero) is 3. The van der Waals surface area contributed by atoms with E-state index in [0.717, 1.165) is 0 Å². The van der Waals surface area contributed by atoms with Gasteiger partial charge in [0.2, 0.25) is 0 Å². The number of carboxylic acids is 3. The van der Waals surface area contributed by atoms with Crippen LogP contribution in [0.4, 0.5) is 0 Å². The molecule has 3 unspecified atom stereocenters. The summed E-state index contributed by atoms with van der Waals surface area (Å²) in [5.74, 6) is -6.43. The van der Waals surface area contributed by atoms with E-state index in [4.69, 9.17) is 28.4 Å². The summed E-state index contributed by atoms with van der Waals surface area (Å²) in [6, 6.07) is 0. The Balaban J connectivity index is -0.000000374. The molecule has 0 spiro atoms. The van der Waals surface area contributed by atoms with Crippen LogP contribution in [0.15, 0.2) is 0 Å². The van der Waals surface area contributed by atoms with E-state index < -0.39 is 86.6 Å². The number of hydrogen-bond acceptors (Lipinski definition) is 15. The standard InChI is InChI=1S/3C14H26O5.Al/c3*1-9(2)18-8-11(15)14(12(16)17,13(5,6)7)19-10(3)4;/h3*9-10H,8H2,1-7H3,(H,16,17);/q;;;+3/p-3. The van der Waals surface area contributed by atoms with Crippen LogP contribution < -0.4 is 15.3 Å². The second-order valence-corrected chi connectivity index (χ2v) is 18.5. The van der Waals surface area contributed by atoms with Gasteiger partial charge in [-0.15, -0.1) is 0 Å². The van der Waals surface area contributed by atoms with Crippen molar-refractivity contribution in [1.82, 2.24) is 0 Å². The number of carbonyl (C=O) groups is 6. The van der Waals surface area contributed by atoms with Crippen molar-refractivity contribution in [2.24, 2.45) is 16.2 Å². The smallest absolute Gasteiger partial charge is 0.546 e. The van der Waals surface area contributed by atoms with Crippen LogP contribution in [-0.4, -0.2) is 126 Å². The first kappa shape index (κ1) is 62.4. The molecule has 0 saturated carbocycles. The molecule has 0 radical (unpaired) electrons. The zero-order valence-corrected chi connectivity index (χ0v) is 40.4. The van der Waals surface area contributed by atoms with Gasteiger partial charge in [0.25, 0.3) is 0 Å². The van der Waals surface area contributed by atoms with Crippen LogP contribution in [0, 0.1) is 16.2 Å². The van der Waals surface area contributed by atoms with Gasteiger partial charge in [-0.1, -0.05) is 62.3 Å². The second kappa shape index (κ2) is 25.5. The molecule has 58 heavy (non-hydrogen) atoms. The Morgan fingerprint density at radius 3 is 0.603 bits per heavy atom. The van der Waals surface area contributed by atoms with Crippen LogP contribution in [0.25, 0.3) is 0 Å². The Hall–Kier alpha value is -2.29. The van der Waals surface area contributed by atoms with Crippen LogP contribution in [0.2, 0.25) is 0 Å². The molecule has 3 atom stereocenters. The Bertz CT molecular complexity index is 1150. The summed E-state index contributed by atoms with van der Waals surface area (Å²) in [6.45, 7) is 34.5. The molecule has 0 saturated heterocycles. The number of rotatable bonds is 21. The third kappa shape index (κ3) is 18.1. The summed E-state index contributed by atoms with van der Waals surface area (Å²) in [6.07, 6.45) is -1.74. The summed E-state index contributed by atoms with van der Waals surface area (Å²) < 4.78 is 32.0. The molecule has 0 rings (SSSR count). The van der Waals surface area contributed by atoms with E-state index in [2.05, 4.69) is 0 Å². The quantitative estimate of drug-likeness (QED) is 0.119. The van der Waals surface area contributed by atoms with E-state index in [1.54, 1.807) is 145 Å². The zero-order valence-electron chi connectivity index (χ0n) is 39.3. The Kier molecular flexibility index (Phi) is 27.4. The van der Waals surface area contributed by atoms with Gasteiger partial charge in [-0.25, -0.2) is 0 Å². The maximum Gasteiger partial charge on any atom is 3.00 e. The molecule has 0 aromatic heterocycles. The summed E-state index contributed by atoms with van der Waals surface area (Å²) in [5, 5.41) is 34.7. The summed E-state index contributed by atoms with van der Waals surface area (Å²) in [5.41, 5.74) is -8.82. The molecule has 0 aliphatic rings. The number of ketones is 3. The number of ether oxygens (including phenoxy) is 6. The van der Waals surface area contributed by atoms with Crippen LogP contribution in [0.3, 0.4) is 0 Å². The molecule has 336 valence electrons. The maximum absolute atomic E-state index is 12.3. The minimum atomic E-state index is -2.00. The Labute approximate surface area is 359 Å². The molecule has 0 N–H and O–H groups in total. The van der Waals surface area contributed by atoms with Crippen LogP contribution in [0.5, 0.6) is 0 Å². The first-order chi connectivity index (χ1) is 25.3. The fourth-order valence-corrected chi connectivity index (χ4v) is 5.48. The van der Waals surface area contributed by atoms with E-state index in [1.807, 2.05) is 0 Å². The average molecular weight is 847 g/mol. The normalized spacial score (nSPS) is 15.4. The molecule has 0 aromatic rings. The van der Waals surface area contributed by atoms with Crippen molar-refractivity contribution in [1.29, 1.82) is 0 Å². The van der Waals surface area contributed by atoms with Gasteiger partial charge in [0.05, 0.1) is 54.5 Å². The zero-order chi connectivity index (χ0) is 46.3. The molecule has 0 bridgehead atoms. The van der Waals surface area contributed by atoms with Gasteiger partial charge < -0.3 is 58.1 Å². The van der Waals surface area contributed by atoms with E-state index in [9.17, 15) is 44.1 Å². The van der Waals surface area contributed by atoms with E-state index >= 15 is 0 Å². The SMILES string of the molecule is CC(C)OCC(=O)C(OC(C)C)(C(=O)[O-])C(C)(C)C.CC(C)OCC(=O)C(OC(C)C)(C(=O)[O-])C(C)(C)C.CC(C)OCC(=O)C(OC(C)C)(C(=O)[O-])C(C)(C)C.[Al+3]. The van der Waals surface area contributed by atoms with Crippen LogP contribution in [-0.2, 0) is 57.2 Å². The molecule has 0 amide bonds. The van der Waals surface area contributed by atoms with Crippen molar-refractivity contribution < 1.29 is 72.5 Å². The molecule has 0 aliphatic carbocycles. The molecule has 0 heterocycles. The Morgan fingerprint density at radius 1 is 0.362 bits per heavy atom. The summed E-state index contributed by atoms with van der Waals surface area (Å²) in [7, 11) is 0. The minimum absolute atomic E-state index is 0. The molecule has 0 aliphatic heterocycles. The van der Waals surface area contributed by atoms with Crippen molar-refractivity contribution in [2.45, 2.75) is 199 Å². The first-order valence-electron chi connectivity index (χ1n) is 19.5. The molecular formula is C42H75AlO15. The Morgan fingerprint density at radius 2 is 0.517 bits per heavy atom. The molecule has 16 heteroatoms. The number of carbonyl (C=O) groups excluding carboxylic acids is 6. The van der Waals surface area contributed by atoms with Crippen LogP contribution >= 0.6 is 0 Å². The van der Waals surface area contributed by atoms with Crippen molar-refractivity contribution in [3.63, 3.8) is 0 Å². The number of hydrogen-bond donors (Lipinski definition) is 0. The maximum atomic E-state index is 12.3. The largest absolute Gasteiger partial charge is 3.00 e. The van der Waals surface area contributed by atoms with Crippen molar-refractivity contribution in [3.05, 3.63) is 0 Å². The van der Waals surface area contributed by atoms with Gasteiger partial charge in [0.15, 0.2) is 34.2 Å². The predicted molar refractivity (Wildman–Crippen MR) is 214 cm³/mol. The fraction of sp³-hybridized carbons (Fsp3) is 0.857. The second-order valence-electron chi connectivity index (χ2n) is 18.5. The van der Waals surface area contributed by atoms with Crippen molar-refractivity contribution in [2.75, 3.05) is 19.8 Å². The molecule has 0 fully saturated rings. The monoisotopic (exact) mass is 846 g/mol. The van der Waals surface area contributed by atoms with Crippen molar-refractivity contribution in [3.8, 4) is 0 Å². The van der Waals surface area contributed by atoms with Gasteiger partial charge in [-0.3, -0.25) is 14.4 Å². The van der Waals surface area contributed by atoms with Gasteiger partial charge in [0, 0.05) is 16.2 Å². The summed E-state index contributed by atoms with van der Waals surface area (Å²) in [4.78, 5) is 71.7. The van der Waals surface area contributed by atoms with E-state index in [0.29, 0.717) is 0 Å². The predicted octanol–water partition coefficient (Wildman–Crippen LogP) is 2.44. The van der Waals surface area contributed by atoms with Gasteiger partial charge in [-0.05, 0) is 83.1 Å². The van der Waals surface area contributed by atoms with Gasteiger partial charge in [0.1, 0.15) is 19.8 Å². The van der Waals surface area contributed by atoms with Gasteiger partial charge in [-0.2, -0.15) is 0 Å². The molecule has 0 aromatic carbocycles. The van der Waals surface area contributed by atoms with Crippen LogP contribution in [0.1, 0.15) is 145 Å². The fourth-order valence-electron chi connectivity index (χ4n) is 5.48. The third-order valence-electron chi connectivity index (χ3n) is 8.09. The molecular weight excluding hydrogens is 771 g/mol. The topological polar surface area (TPSA) is 227 Å². The number of carboxylic acid groups (broad SMARTS) is 3. The minimum Gasteiger partial charge on any atom is -0.546 e. The summed E-state index contributed by atoms with van der Waals surface area (Å²) >= 11 is 0. The third-order valence-corrected chi connectivity index (χ3v) is 8.09. The van der Waals surface area contributed by atoms with Crippen molar-refractivity contribution >= 4 is 52.6 Å². The van der Waals surface area contributed by atoms with Gasteiger partial charge >= 0.3 is 17.4 Å². The van der Waals surface area contributed by atoms with E-state index in [-0.39, 0.29) is 55.5 Å². The number of aliphatic carboxylic acids is 3. The first-order valence-corrected chi connectivity index (χ1v) is 19.5. The molecule has 15 nitrogen and oxygen atoms in total.